The highest BCUT2D eigenvalue weighted by Crippen LogP contribution is 2.25. The zero-order valence-corrected chi connectivity index (χ0v) is 10.1. The van der Waals surface area contributed by atoms with Gasteiger partial charge in [-0.3, -0.25) is 0 Å². The minimum atomic E-state index is -5.08. The van der Waals surface area contributed by atoms with Gasteiger partial charge in [-0.1, -0.05) is 23.2 Å². The van der Waals surface area contributed by atoms with Crippen molar-refractivity contribution >= 4 is 29.2 Å². The van der Waals surface area contributed by atoms with Crippen LogP contribution in [-0.2, 0) is 17.9 Å². The number of hydrogen-bond acceptors (Lipinski definition) is 4. The van der Waals surface area contributed by atoms with Crippen molar-refractivity contribution in [1.82, 2.24) is 15.5 Å². The number of carbonyl (C=O) groups is 1. The molecule has 10 heteroatoms. The Morgan fingerprint density at radius 3 is 1.78 bits per heavy atom. The van der Waals surface area contributed by atoms with Crippen LogP contribution in [0.5, 0.6) is 0 Å². The second kappa shape index (κ2) is 5.68. The molecule has 0 aromatic carbocycles. The minimum Gasteiger partial charge on any atom is -0.475 e. The number of halogens is 5. The van der Waals surface area contributed by atoms with Gasteiger partial charge in [0, 0.05) is 24.2 Å². The molecule has 0 aliphatic carbocycles. The van der Waals surface area contributed by atoms with Crippen LogP contribution in [0.4, 0.5) is 13.2 Å². The summed E-state index contributed by atoms with van der Waals surface area (Å²) in [6.07, 6.45) is -5.08. The van der Waals surface area contributed by atoms with Crippen molar-refractivity contribution in [2.75, 3.05) is 0 Å². The summed E-state index contributed by atoms with van der Waals surface area (Å²) in [5.41, 5.74) is 1.96. The van der Waals surface area contributed by atoms with Gasteiger partial charge in [0.05, 0.1) is 0 Å². The van der Waals surface area contributed by atoms with Crippen LogP contribution >= 0.6 is 23.2 Å². The first kappa shape index (κ1) is 14.9. The largest absolute Gasteiger partial charge is 0.490 e. The van der Waals surface area contributed by atoms with Crippen molar-refractivity contribution in [3.63, 3.8) is 0 Å². The van der Waals surface area contributed by atoms with Crippen molar-refractivity contribution in [2.45, 2.75) is 19.3 Å². The summed E-state index contributed by atoms with van der Waals surface area (Å²) in [7, 11) is 0. The SMILES string of the molecule is Clc1nnc(Cl)c2c1CNC2.O=C(O)C(F)(F)F. The van der Waals surface area contributed by atoms with E-state index in [1.807, 2.05) is 0 Å². The first-order valence-electron chi connectivity index (χ1n) is 4.43. The summed E-state index contributed by atoms with van der Waals surface area (Å²) in [6.45, 7) is 1.48. The monoisotopic (exact) mass is 303 g/mol. The number of aromatic nitrogens is 2. The van der Waals surface area contributed by atoms with E-state index in [-0.39, 0.29) is 0 Å². The van der Waals surface area contributed by atoms with Crippen molar-refractivity contribution in [2.24, 2.45) is 0 Å². The highest BCUT2D eigenvalue weighted by atomic mass is 35.5. The summed E-state index contributed by atoms with van der Waals surface area (Å²) in [5.74, 6) is -2.76. The molecule has 0 saturated carbocycles. The van der Waals surface area contributed by atoms with Crippen LogP contribution in [0.1, 0.15) is 11.1 Å². The molecule has 0 atom stereocenters. The van der Waals surface area contributed by atoms with Gasteiger partial charge in [-0.25, -0.2) is 4.79 Å². The third kappa shape index (κ3) is 3.69. The lowest BCUT2D eigenvalue weighted by molar-refractivity contribution is -0.192. The van der Waals surface area contributed by atoms with E-state index >= 15 is 0 Å². The molecule has 0 saturated heterocycles. The summed E-state index contributed by atoms with van der Waals surface area (Å²) in [5, 5.41) is 18.5. The van der Waals surface area contributed by atoms with Gasteiger partial charge in [-0.05, 0) is 0 Å². The van der Waals surface area contributed by atoms with E-state index in [9.17, 15) is 13.2 Å². The maximum Gasteiger partial charge on any atom is 0.490 e. The summed E-state index contributed by atoms with van der Waals surface area (Å²) >= 11 is 11.5. The van der Waals surface area contributed by atoms with Crippen molar-refractivity contribution in [1.29, 1.82) is 0 Å². The molecule has 100 valence electrons. The quantitative estimate of drug-likeness (QED) is 0.767. The Hall–Kier alpha value is -1.12. The Morgan fingerprint density at radius 2 is 1.50 bits per heavy atom. The number of carboxylic acid groups (broad SMARTS) is 1. The van der Waals surface area contributed by atoms with Gasteiger partial charge in [-0.2, -0.15) is 13.2 Å². The molecule has 1 aromatic rings. The van der Waals surface area contributed by atoms with Crippen molar-refractivity contribution in [3.8, 4) is 0 Å². The van der Waals surface area contributed by atoms with Crippen LogP contribution in [0.3, 0.4) is 0 Å². The first-order chi connectivity index (χ1) is 8.23. The summed E-state index contributed by atoms with van der Waals surface area (Å²) < 4.78 is 31.7. The van der Waals surface area contributed by atoms with E-state index in [2.05, 4.69) is 15.5 Å². The number of nitrogens with zero attached hydrogens (tertiary/aromatic N) is 2. The molecule has 18 heavy (non-hydrogen) atoms. The number of hydrogen-bond donors (Lipinski definition) is 2. The average Bonchev–Trinajstić information content (AvgIpc) is 2.73. The van der Waals surface area contributed by atoms with E-state index in [1.165, 1.54) is 0 Å². The van der Waals surface area contributed by atoms with Crippen LogP contribution in [0, 0.1) is 0 Å². The molecule has 0 amide bonds. The molecular formula is C8H6Cl2F3N3O2. The van der Waals surface area contributed by atoms with E-state index in [4.69, 9.17) is 33.1 Å². The fourth-order valence-electron chi connectivity index (χ4n) is 1.13. The molecule has 1 aromatic heterocycles. The third-order valence-corrected chi connectivity index (χ3v) is 2.54. The van der Waals surface area contributed by atoms with Crippen LogP contribution in [-0.4, -0.2) is 27.4 Å². The molecule has 5 nitrogen and oxygen atoms in total. The molecule has 1 aliphatic rings. The lowest BCUT2D eigenvalue weighted by atomic mass is 10.2. The van der Waals surface area contributed by atoms with Crippen LogP contribution in [0.15, 0.2) is 0 Å². The Labute approximate surface area is 109 Å². The fraction of sp³-hybridized carbons (Fsp3) is 0.375. The zero-order valence-electron chi connectivity index (χ0n) is 8.55. The van der Waals surface area contributed by atoms with E-state index in [0.717, 1.165) is 24.2 Å². The Bertz CT molecular complexity index is 439. The van der Waals surface area contributed by atoms with Gasteiger partial charge in [0.15, 0.2) is 10.3 Å². The normalized spacial score (nSPS) is 13.6. The van der Waals surface area contributed by atoms with Crippen LogP contribution in [0.2, 0.25) is 10.3 Å². The Balaban J connectivity index is 0.000000203. The van der Waals surface area contributed by atoms with Gasteiger partial charge in [0.25, 0.3) is 0 Å². The summed E-state index contributed by atoms with van der Waals surface area (Å²) in [6, 6.07) is 0. The summed E-state index contributed by atoms with van der Waals surface area (Å²) in [4.78, 5) is 8.90. The maximum absolute atomic E-state index is 10.6. The predicted molar refractivity (Wildman–Crippen MR) is 56.3 cm³/mol. The number of nitrogens with one attached hydrogen (secondary N) is 1. The highest BCUT2D eigenvalue weighted by molar-refractivity contribution is 6.32. The topological polar surface area (TPSA) is 75.1 Å². The molecule has 2 heterocycles. The molecule has 2 rings (SSSR count). The van der Waals surface area contributed by atoms with Gasteiger partial charge in [0.2, 0.25) is 0 Å². The zero-order chi connectivity index (χ0) is 13.9. The number of carboxylic acids is 1. The smallest absolute Gasteiger partial charge is 0.475 e. The second-order valence-electron chi connectivity index (χ2n) is 3.15. The van der Waals surface area contributed by atoms with Gasteiger partial charge < -0.3 is 10.4 Å². The van der Waals surface area contributed by atoms with Gasteiger partial charge in [-0.15, -0.1) is 10.2 Å². The number of fused-ring (bicyclic) bond motifs is 1. The average molecular weight is 304 g/mol. The number of rotatable bonds is 0. The molecule has 0 radical (unpaired) electrons. The highest BCUT2D eigenvalue weighted by Gasteiger charge is 2.38. The van der Waals surface area contributed by atoms with Crippen LogP contribution < -0.4 is 5.32 Å². The van der Waals surface area contributed by atoms with Crippen molar-refractivity contribution in [3.05, 3.63) is 21.4 Å². The van der Waals surface area contributed by atoms with E-state index in [0.29, 0.717) is 10.3 Å². The molecule has 0 unspecified atom stereocenters. The Morgan fingerprint density at radius 1 is 1.17 bits per heavy atom. The molecule has 1 aliphatic heterocycles. The second-order valence-corrected chi connectivity index (χ2v) is 3.86. The van der Waals surface area contributed by atoms with E-state index in [1.54, 1.807) is 0 Å². The lowest BCUT2D eigenvalue weighted by Crippen LogP contribution is -2.21. The molecule has 2 N–H and O–H groups in total. The van der Waals surface area contributed by atoms with Gasteiger partial charge >= 0.3 is 12.1 Å². The lowest BCUT2D eigenvalue weighted by Gasteiger charge is -1.98. The first-order valence-corrected chi connectivity index (χ1v) is 5.19. The standard InChI is InChI=1S/C6H5Cl2N3.C2HF3O2/c7-5-3-1-9-2-4(3)6(8)11-10-5;3-2(4,5)1(6)7/h9H,1-2H2;(H,6,7). The van der Waals surface area contributed by atoms with Gasteiger partial charge in [0.1, 0.15) is 0 Å². The number of alkyl halides is 3. The molecule has 0 bridgehead atoms. The molecular weight excluding hydrogens is 298 g/mol. The van der Waals surface area contributed by atoms with Crippen molar-refractivity contribution < 1.29 is 23.1 Å². The Kier molecular flexibility index (Phi) is 4.71. The van der Waals surface area contributed by atoms with Crippen LogP contribution in [0.25, 0.3) is 0 Å². The minimum absolute atomic E-state index is 0.453. The molecule has 0 spiro atoms. The molecule has 0 fully saturated rings. The number of aliphatic carboxylic acids is 1. The third-order valence-electron chi connectivity index (χ3n) is 1.93. The fourth-order valence-corrected chi connectivity index (χ4v) is 1.57. The predicted octanol–water partition coefficient (Wildman–Crippen LogP) is 2.02. The van der Waals surface area contributed by atoms with E-state index < -0.39 is 12.1 Å². The maximum atomic E-state index is 10.6.